The van der Waals surface area contributed by atoms with Crippen LogP contribution in [0.5, 0.6) is 11.5 Å². The summed E-state index contributed by atoms with van der Waals surface area (Å²) in [7, 11) is 3.61. The number of benzene rings is 1. The standard InChI is InChI=1S/C14H19NO4/c1-9(14(16)17)10-4-5-12(18-3)13(6-10)19-11-7-15(2)8-11/h4-6,9,11H,7-8H2,1-3H3,(H,16,17). The van der Waals surface area contributed by atoms with E-state index in [2.05, 4.69) is 4.90 Å². The van der Waals surface area contributed by atoms with Crippen LogP contribution in [-0.4, -0.2) is 49.3 Å². The van der Waals surface area contributed by atoms with Gasteiger partial charge < -0.3 is 14.6 Å². The fourth-order valence-electron chi connectivity index (χ4n) is 2.09. The first kappa shape index (κ1) is 13.7. The summed E-state index contributed by atoms with van der Waals surface area (Å²) < 4.78 is 11.1. The molecule has 1 aliphatic heterocycles. The Labute approximate surface area is 112 Å². The maximum Gasteiger partial charge on any atom is 0.310 e. The van der Waals surface area contributed by atoms with E-state index in [9.17, 15) is 4.79 Å². The quantitative estimate of drug-likeness (QED) is 0.876. The molecule has 0 spiro atoms. The van der Waals surface area contributed by atoms with E-state index in [0.29, 0.717) is 11.5 Å². The van der Waals surface area contributed by atoms with Gasteiger partial charge in [0.25, 0.3) is 0 Å². The summed E-state index contributed by atoms with van der Waals surface area (Å²) in [6, 6.07) is 5.28. The number of rotatable bonds is 5. The molecule has 0 bridgehead atoms. The van der Waals surface area contributed by atoms with E-state index in [1.165, 1.54) is 0 Å². The van der Waals surface area contributed by atoms with Gasteiger partial charge in [0.05, 0.1) is 13.0 Å². The molecule has 0 aliphatic carbocycles. The fourth-order valence-corrected chi connectivity index (χ4v) is 2.09. The van der Waals surface area contributed by atoms with Gasteiger partial charge in [0.15, 0.2) is 11.5 Å². The van der Waals surface area contributed by atoms with Crippen LogP contribution in [0.3, 0.4) is 0 Å². The van der Waals surface area contributed by atoms with Crippen molar-refractivity contribution in [1.29, 1.82) is 0 Å². The predicted octanol–water partition coefficient (Wildman–Crippen LogP) is 1.58. The highest BCUT2D eigenvalue weighted by atomic mass is 16.5. The molecule has 5 nitrogen and oxygen atoms in total. The number of carboxylic acids is 1. The molecule has 104 valence electrons. The first-order chi connectivity index (χ1) is 9.01. The molecular formula is C14H19NO4. The Kier molecular flexibility index (Phi) is 3.95. The molecule has 1 atom stereocenters. The first-order valence-corrected chi connectivity index (χ1v) is 6.27. The van der Waals surface area contributed by atoms with Gasteiger partial charge >= 0.3 is 5.97 Å². The topological polar surface area (TPSA) is 59.0 Å². The number of carbonyl (C=O) groups is 1. The zero-order valence-corrected chi connectivity index (χ0v) is 11.4. The highest BCUT2D eigenvalue weighted by Gasteiger charge is 2.26. The largest absolute Gasteiger partial charge is 0.493 e. The molecule has 1 aromatic rings. The van der Waals surface area contributed by atoms with Crippen LogP contribution in [0, 0.1) is 0 Å². The molecule has 1 fully saturated rings. The molecule has 1 heterocycles. The van der Waals surface area contributed by atoms with E-state index in [-0.39, 0.29) is 6.10 Å². The minimum absolute atomic E-state index is 0.147. The van der Waals surface area contributed by atoms with E-state index < -0.39 is 11.9 Å². The summed E-state index contributed by atoms with van der Waals surface area (Å²) >= 11 is 0. The minimum atomic E-state index is -0.848. The van der Waals surface area contributed by atoms with Crippen molar-refractivity contribution in [3.63, 3.8) is 0 Å². The van der Waals surface area contributed by atoms with Gasteiger partial charge in [-0.05, 0) is 31.7 Å². The molecule has 5 heteroatoms. The molecule has 0 amide bonds. The van der Waals surface area contributed by atoms with Crippen molar-refractivity contribution in [2.24, 2.45) is 0 Å². The maximum atomic E-state index is 11.0. The second kappa shape index (κ2) is 5.48. The normalized spacial score (nSPS) is 17.6. The third-order valence-corrected chi connectivity index (χ3v) is 3.38. The van der Waals surface area contributed by atoms with Crippen molar-refractivity contribution in [3.05, 3.63) is 23.8 Å². The van der Waals surface area contributed by atoms with Gasteiger partial charge in [0.1, 0.15) is 6.10 Å². The molecule has 1 unspecified atom stereocenters. The van der Waals surface area contributed by atoms with Gasteiger partial charge in [0, 0.05) is 13.1 Å². The van der Waals surface area contributed by atoms with Crippen molar-refractivity contribution >= 4 is 5.97 Å². The lowest BCUT2D eigenvalue weighted by Crippen LogP contribution is -2.51. The van der Waals surface area contributed by atoms with Gasteiger partial charge in [-0.1, -0.05) is 6.07 Å². The van der Waals surface area contributed by atoms with Crippen LogP contribution in [0.2, 0.25) is 0 Å². The number of nitrogens with zero attached hydrogens (tertiary/aromatic N) is 1. The number of likely N-dealkylation sites (tertiary alicyclic amines) is 1. The lowest BCUT2D eigenvalue weighted by molar-refractivity contribution is -0.138. The molecule has 0 aromatic heterocycles. The third-order valence-electron chi connectivity index (χ3n) is 3.38. The number of carboxylic acid groups (broad SMARTS) is 1. The zero-order valence-electron chi connectivity index (χ0n) is 11.4. The summed E-state index contributed by atoms with van der Waals surface area (Å²) in [5.41, 5.74) is 0.718. The number of ether oxygens (including phenoxy) is 2. The SMILES string of the molecule is COc1ccc(C(C)C(=O)O)cc1OC1CN(C)C1. The van der Waals surface area contributed by atoms with Crippen LogP contribution in [0.4, 0.5) is 0 Å². The summed E-state index contributed by atoms with van der Waals surface area (Å²) in [4.78, 5) is 13.2. The van der Waals surface area contributed by atoms with Gasteiger partial charge in [-0.2, -0.15) is 0 Å². The first-order valence-electron chi connectivity index (χ1n) is 6.27. The summed E-state index contributed by atoms with van der Waals surface area (Å²) in [6.07, 6.45) is 0.147. The monoisotopic (exact) mass is 265 g/mol. The van der Waals surface area contributed by atoms with E-state index in [1.54, 1.807) is 32.2 Å². The summed E-state index contributed by atoms with van der Waals surface area (Å²) in [6.45, 7) is 3.41. The highest BCUT2D eigenvalue weighted by Crippen LogP contribution is 2.32. The average molecular weight is 265 g/mol. The number of methoxy groups -OCH3 is 1. The van der Waals surface area contributed by atoms with Crippen LogP contribution in [0.15, 0.2) is 18.2 Å². The Hall–Kier alpha value is -1.75. The van der Waals surface area contributed by atoms with E-state index in [4.69, 9.17) is 14.6 Å². The molecule has 0 saturated carbocycles. The molecule has 1 saturated heterocycles. The minimum Gasteiger partial charge on any atom is -0.493 e. The van der Waals surface area contributed by atoms with E-state index >= 15 is 0 Å². The third kappa shape index (κ3) is 2.98. The molecular weight excluding hydrogens is 246 g/mol. The van der Waals surface area contributed by atoms with Crippen molar-refractivity contribution in [2.75, 3.05) is 27.2 Å². The summed E-state index contributed by atoms with van der Waals surface area (Å²) in [5, 5.41) is 9.05. The molecule has 1 aromatic carbocycles. The van der Waals surface area contributed by atoms with Gasteiger partial charge in [0.2, 0.25) is 0 Å². The van der Waals surface area contributed by atoms with Crippen molar-refractivity contribution in [1.82, 2.24) is 4.90 Å². The lowest BCUT2D eigenvalue weighted by Gasteiger charge is -2.36. The van der Waals surface area contributed by atoms with Crippen molar-refractivity contribution in [3.8, 4) is 11.5 Å². The fraction of sp³-hybridized carbons (Fsp3) is 0.500. The Morgan fingerprint density at radius 1 is 1.42 bits per heavy atom. The second-order valence-electron chi connectivity index (χ2n) is 4.93. The smallest absolute Gasteiger partial charge is 0.310 e. The Morgan fingerprint density at radius 3 is 2.63 bits per heavy atom. The molecule has 2 rings (SSSR count). The van der Waals surface area contributed by atoms with Crippen LogP contribution in [0.1, 0.15) is 18.4 Å². The number of hydrogen-bond donors (Lipinski definition) is 1. The second-order valence-corrected chi connectivity index (χ2v) is 4.93. The average Bonchev–Trinajstić information content (AvgIpc) is 2.35. The van der Waals surface area contributed by atoms with Gasteiger partial charge in [-0.3, -0.25) is 9.69 Å². The Morgan fingerprint density at radius 2 is 2.11 bits per heavy atom. The molecule has 1 N–H and O–H groups in total. The summed E-state index contributed by atoms with van der Waals surface area (Å²) in [5.74, 6) is -0.154. The van der Waals surface area contributed by atoms with Crippen LogP contribution in [0.25, 0.3) is 0 Å². The molecule has 1 aliphatic rings. The predicted molar refractivity (Wildman–Crippen MR) is 71.0 cm³/mol. The van der Waals surface area contributed by atoms with Gasteiger partial charge in [-0.25, -0.2) is 0 Å². The van der Waals surface area contributed by atoms with Crippen LogP contribution < -0.4 is 9.47 Å². The van der Waals surface area contributed by atoms with E-state index in [0.717, 1.165) is 18.7 Å². The maximum absolute atomic E-state index is 11.0. The van der Waals surface area contributed by atoms with Gasteiger partial charge in [-0.15, -0.1) is 0 Å². The zero-order chi connectivity index (χ0) is 14.0. The molecule has 19 heavy (non-hydrogen) atoms. The van der Waals surface area contributed by atoms with Crippen molar-refractivity contribution in [2.45, 2.75) is 18.9 Å². The van der Waals surface area contributed by atoms with Crippen molar-refractivity contribution < 1.29 is 19.4 Å². The van der Waals surface area contributed by atoms with E-state index in [1.807, 2.05) is 7.05 Å². The molecule has 0 radical (unpaired) electrons. The number of likely N-dealkylation sites (N-methyl/N-ethyl adjacent to an activating group) is 1. The van der Waals surface area contributed by atoms with Crippen LogP contribution in [-0.2, 0) is 4.79 Å². The highest BCUT2D eigenvalue weighted by molar-refractivity contribution is 5.75. The Balaban J connectivity index is 2.18. The lowest BCUT2D eigenvalue weighted by atomic mass is 10.0. The number of hydrogen-bond acceptors (Lipinski definition) is 4. The number of aliphatic carboxylic acids is 1. The Bertz CT molecular complexity index is 469. The van der Waals surface area contributed by atoms with Crippen LogP contribution >= 0.6 is 0 Å².